The Labute approximate surface area is 138 Å². The second kappa shape index (κ2) is 7.62. The van der Waals surface area contributed by atoms with Crippen molar-refractivity contribution in [2.24, 2.45) is 0 Å². The van der Waals surface area contributed by atoms with Crippen molar-refractivity contribution in [2.75, 3.05) is 0 Å². The predicted molar refractivity (Wildman–Crippen MR) is 90.9 cm³/mol. The minimum Gasteiger partial charge on any atom is -0.349 e. The zero-order valence-corrected chi connectivity index (χ0v) is 14.1. The molecule has 0 radical (unpaired) electrons. The number of nitrogens with one attached hydrogen (secondary N) is 1. The van der Waals surface area contributed by atoms with Crippen LogP contribution < -0.4 is 5.32 Å². The number of carbonyl (C=O) groups is 1. The Morgan fingerprint density at radius 3 is 2.43 bits per heavy atom. The molecule has 2 unspecified atom stereocenters. The van der Waals surface area contributed by atoms with Crippen LogP contribution >= 0.6 is 27.5 Å². The van der Waals surface area contributed by atoms with E-state index in [9.17, 15) is 4.79 Å². The van der Waals surface area contributed by atoms with Crippen LogP contribution in [0.25, 0.3) is 0 Å². The molecule has 0 saturated carbocycles. The van der Waals surface area contributed by atoms with Gasteiger partial charge in [0.05, 0.1) is 10.9 Å². The topological polar surface area (TPSA) is 29.1 Å². The first-order chi connectivity index (χ1) is 10.1. The fraction of sp³-hybridized carbons (Fsp3) is 0.235. The third kappa shape index (κ3) is 4.58. The largest absolute Gasteiger partial charge is 0.349 e. The van der Waals surface area contributed by atoms with Crippen LogP contribution in [-0.2, 0) is 11.2 Å². The smallest absolute Gasteiger partial charge is 0.234 e. The summed E-state index contributed by atoms with van der Waals surface area (Å²) in [5.41, 5.74) is 2.05. The van der Waals surface area contributed by atoms with Crippen molar-refractivity contribution in [3.63, 3.8) is 0 Å². The fourth-order valence-electron chi connectivity index (χ4n) is 2.08. The first-order valence-electron chi connectivity index (χ1n) is 6.80. The molecular formula is C17H17BrClNO. The molecule has 0 fully saturated rings. The highest BCUT2D eigenvalue weighted by Gasteiger charge is 2.18. The number of amides is 1. The lowest BCUT2D eigenvalue weighted by atomic mass is 10.1. The lowest BCUT2D eigenvalue weighted by molar-refractivity contribution is -0.121. The van der Waals surface area contributed by atoms with Crippen molar-refractivity contribution in [1.29, 1.82) is 0 Å². The number of alkyl halides is 1. The summed E-state index contributed by atoms with van der Waals surface area (Å²) in [6.07, 6.45) is 0.563. The van der Waals surface area contributed by atoms with Crippen LogP contribution in [0.2, 0.25) is 5.02 Å². The minimum absolute atomic E-state index is 0.0232. The van der Waals surface area contributed by atoms with Crippen LogP contribution in [0.1, 0.15) is 24.1 Å². The fourth-order valence-corrected chi connectivity index (χ4v) is 2.77. The lowest BCUT2D eigenvalue weighted by Crippen LogP contribution is -2.34. The first kappa shape index (κ1) is 16.1. The van der Waals surface area contributed by atoms with Crippen LogP contribution in [0.3, 0.4) is 0 Å². The van der Waals surface area contributed by atoms with Crippen molar-refractivity contribution in [3.05, 3.63) is 70.7 Å². The van der Waals surface area contributed by atoms with E-state index in [1.165, 1.54) is 0 Å². The predicted octanol–water partition coefficient (Wildman–Crippen LogP) is 4.52. The van der Waals surface area contributed by atoms with E-state index in [0.29, 0.717) is 11.4 Å². The molecule has 0 spiro atoms. The van der Waals surface area contributed by atoms with Crippen LogP contribution in [-0.4, -0.2) is 10.7 Å². The van der Waals surface area contributed by atoms with Gasteiger partial charge in [0.25, 0.3) is 0 Å². The second-order valence-corrected chi connectivity index (χ2v) is 6.42. The molecule has 0 aliphatic carbocycles. The Kier molecular flexibility index (Phi) is 5.83. The van der Waals surface area contributed by atoms with E-state index >= 15 is 0 Å². The summed E-state index contributed by atoms with van der Waals surface area (Å²) in [5.74, 6) is -0.0359. The molecule has 0 aromatic heterocycles. The van der Waals surface area contributed by atoms with Crippen LogP contribution in [0.15, 0.2) is 54.6 Å². The van der Waals surface area contributed by atoms with E-state index in [0.717, 1.165) is 11.1 Å². The third-order valence-corrected chi connectivity index (χ3v) is 4.41. The summed E-state index contributed by atoms with van der Waals surface area (Å²) < 4.78 is 0. The van der Waals surface area contributed by atoms with E-state index in [-0.39, 0.29) is 16.8 Å². The van der Waals surface area contributed by atoms with E-state index in [1.807, 2.05) is 61.5 Å². The first-order valence-corrected chi connectivity index (χ1v) is 8.10. The van der Waals surface area contributed by atoms with Gasteiger partial charge in [-0.05, 0) is 30.5 Å². The number of halogens is 2. The highest BCUT2D eigenvalue weighted by molar-refractivity contribution is 9.10. The molecule has 2 aromatic carbocycles. The third-order valence-electron chi connectivity index (χ3n) is 3.30. The standard InChI is InChI=1S/C17H17BrClNO/c1-12(13-7-3-2-4-8-13)20-17(21)15(18)11-14-9-5-6-10-16(14)19/h2-10,12,15H,11H2,1H3,(H,20,21). The molecule has 2 rings (SSSR count). The summed E-state index contributed by atoms with van der Waals surface area (Å²) in [6, 6.07) is 17.4. The average molecular weight is 367 g/mol. The SMILES string of the molecule is CC(NC(=O)C(Br)Cc1ccccc1Cl)c1ccccc1. The second-order valence-electron chi connectivity index (χ2n) is 4.90. The Hall–Kier alpha value is -1.32. The maximum atomic E-state index is 12.2. The molecule has 0 aliphatic heterocycles. The molecule has 0 aliphatic rings. The normalized spacial score (nSPS) is 13.5. The highest BCUT2D eigenvalue weighted by atomic mass is 79.9. The van der Waals surface area contributed by atoms with Crippen molar-refractivity contribution in [3.8, 4) is 0 Å². The monoisotopic (exact) mass is 365 g/mol. The molecule has 0 saturated heterocycles. The van der Waals surface area contributed by atoms with E-state index < -0.39 is 0 Å². The van der Waals surface area contributed by atoms with Gasteiger partial charge in [-0.2, -0.15) is 0 Å². The molecule has 2 aromatic rings. The van der Waals surface area contributed by atoms with Gasteiger partial charge < -0.3 is 5.32 Å². The molecular weight excluding hydrogens is 350 g/mol. The van der Waals surface area contributed by atoms with Gasteiger partial charge >= 0.3 is 0 Å². The van der Waals surface area contributed by atoms with Crippen LogP contribution in [0, 0.1) is 0 Å². The Morgan fingerprint density at radius 1 is 1.14 bits per heavy atom. The van der Waals surface area contributed by atoms with Crippen molar-refractivity contribution in [2.45, 2.75) is 24.2 Å². The molecule has 2 atom stereocenters. The number of carbonyl (C=O) groups excluding carboxylic acids is 1. The summed E-state index contributed by atoms with van der Waals surface area (Å²) in [7, 11) is 0. The number of rotatable bonds is 5. The van der Waals surface area contributed by atoms with Gasteiger partial charge in [-0.25, -0.2) is 0 Å². The van der Waals surface area contributed by atoms with Crippen LogP contribution in [0.5, 0.6) is 0 Å². The quantitative estimate of drug-likeness (QED) is 0.774. The van der Waals surface area contributed by atoms with Crippen LogP contribution in [0.4, 0.5) is 0 Å². The highest BCUT2D eigenvalue weighted by Crippen LogP contribution is 2.20. The summed E-state index contributed by atoms with van der Waals surface area (Å²) in [4.78, 5) is 11.9. The number of hydrogen-bond acceptors (Lipinski definition) is 1. The van der Waals surface area contributed by atoms with Crippen molar-refractivity contribution in [1.82, 2.24) is 5.32 Å². The summed E-state index contributed by atoms with van der Waals surface area (Å²) in [6.45, 7) is 1.97. The summed E-state index contributed by atoms with van der Waals surface area (Å²) in [5, 5.41) is 3.69. The van der Waals surface area contributed by atoms with Gasteiger partial charge in [0.15, 0.2) is 0 Å². The maximum absolute atomic E-state index is 12.2. The molecule has 2 nitrogen and oxygen atoms in total. The average Bonchev–Trinajstić information content (AvgIpc) is 2.50. The maximum Gasteiger partial charge on any atom is 0.234 e. The van der Waals surface area contributed by atoms with Crippen molar-refractivity contribution < 1.29 is 4.79 Å². The zero-order chi connectivity index (χ0) is 15.2. The van der Waals surface area contributed by atoms with E-state index in [4.69, 9.17) is 11.6 Å². The Morgan fingerprint density at radius 2 is 1.76 bits per heavy atom. The number of hydrogen-bond donors (Lipinski definition) is 1. The molecule has 1 N–H and O–H groups in total. The van der Waals surface area contributed by atoms with Gasteiger partial charge in [0, 0.05) is 5.02 Å². The van der Waals surface area contributed by atoms with Gasteiger partial charge in [0.1, 0.15) is 0 Å². The Balaban J connectivity index is 1.95. The zero-order valence-electron chi connectivity index (χ0n) is 11.7. The molecule has 1 amide bonds. The van der Waals surface area contributed by atoms with E-state index in [2.05, 4.69) is 21.2 Å². The Bertz CT molecular complexity index is 603. The molecule has 4 heteroatoms. The lowest BCUT2D eigenvalue weighted by Gasteiger charge is -2.17. The van der Waals surface area contributed by atoms with Gasteiger partial charge in [-0.3, -0.25) is 4.79 Å². The minimum atomic E-state index is -0.302. The molecule has 110 valence electrons. The van der Waals surface area contributed by atoms with Gasteiger partial charge in [-0.1, -0.05) is 76.1 Å². The number of benzene rings is 2. The molecule has 0 heterocycles. The van der Waals surface area contributed by atoms with Gasteiger partial charge in [-0.15, -0.1) is 0 Å². The van der Waals surface area contributed by atoms with Gasteiger partial charge in [0.2, 0.25) is 5.91 Å². The molecule has 0 bridgehead atoms. The van der Waals surface area contributed by atoms with E-state index in [1.54, 1.807) is 0 Å². The van der Waals surface area contributed by atoms with Crippen molar-refractivity contribution >= 4 is 33.4 Å². The molecule has 21 heavy (non-hydrogen) atoms. The summed E-state index contributed by atoms with van der Waals surface area (Å²) >= 11 is 9.57.